The van der Waals surface area contributed by atoms with Crippen molar-refractivity contribution in [3.63, 3.8) is 0 Å². The first-order valence-electron chi connectivity index (χ1n) is 9.89. The number of amides is 2. The van der Waals surface area contributed by atoms with Gasteiger partial charge in [-0.3, -0.25) is 14.6 Å². The number of nitrogens with one attached hydrogen (secondary N) is 2. The number of nitrogens with zero attached hydrogens (tertiary/aromatic N) is 1. The highest BCUT2D eigenvalue weighted by atomic mass is 16.2. The summed E-state index contributed by atoms with van der Waals surface area (Å²) in [4.78, 5) is 28.8. The van der Waals surface area contributed by atoms with Gasteiger partial charge in [-0.05, 0) is 73.7 Å². The highest BCUT2D eigenvalue weighted by Crippen LogP contribution is 2.21. The lowest BCUT2D eigenvalue weighted by Crippen LogP contribution is -2.28. The second-order valence-electron chi connectivity index (χ2n) is 7.40. The van der Waals surface area contributed by atoms with Gasteiger partial charge in [0.05, 0.1) is 6.04 Å². The summed E-state index contributed by atoms with van der Waals surface area (Å²) in [5.41, 5.74) is 4.25. The minimum absolute atomic E-state index is 0.0555. The van der Waals surface area contributed by atoms with Crippen LogP contribution in [0.2, 0.25) is 0 Å². The summed E-state index contributed by atoms with van der Waals surface area (Å²) in [6.45, 7) is 3.92. The lowest BCUT2D eigenvalue weighted by Gasteiger charge is -2.16. The van der Waals surface area contributed by atoms with E-state index in [1.54, 1.807) is 19.3 Å². The van der Waals surface area contributed by atoms with Crippen LogP contribution in [0.1, 0.15) is 64.6 Å². The third-order valence-corrected chi connectivity index (χ3v) is 4.99. The molecule has 2 aromatic carbocycles. The standard InChI is InChI=1S/C24H27N3O2/c1-16(13-14-25-3)18-7-9-19(10-8-18)23(28)26-17(2)20-5-4-6-21(15-20)24(29)27-22-11-12-22/h4-10,13-15,17,22H,11-12H2,1-3H3,(H,26,28)(H,27,29)/b16-13+,25-14?/t17-/m1/s1. The average molecular weight is 389 g/mol. The van der Waals surface area contributed by atoms with Crippen molar-refractivity contribution in [2.75, 3.05) is 7.05 Å². The predicted molar refractivity (Wildman–Crippen MR) is 117 cm³/mol. The van der Waals surface area contributed by atoms with Crippen LogP contribution in [0.4, 0.5) is 0 Å². The molecule has 2 N–H and O–H groups in total. The maximum absolute atomic E-state index is 12.6. The number of rotatable bonds is 7. The van der Waals surface area contributed by atoms with E-state index in [4.69, 9.17) is 0 Å². The molecule has 3 rings (SSSR count). The quantitative estimate of drug-likeness (QED) is 0.698. The molecule has 0 saturated heterocycles. The van der Waals surface area contributed by atoms with Crippen molar-refractivity contribution >= 4 is 23.6 Å². The average Bonchev–Trinajstić information content (AvgIpc) is 3.56. The molecule has 1 atom stereocenters. The first-order valence-corrected chi connectivity index (χ1v) is 9.89. The molecule has 150 valence electrons. The van der Waals surface area contributed by atoms with E-state index in [-0.39, 0.29) is 17.9 Å². The predicted octanol–water partition coefficient (Wildman–Crippen LogP) is 4.17. The van der Waals surface area contributed by atoms with Crippen molar-refractivity contribution in [3.05, 3.63) is 76.9 Å². The Hall–Kier alpha value is -3.21. The minimum Gasteiger partial charge on any atom is -0.349 e. The molecule has 29 heavy (non-hydrogen) atoms. The summed E-state index contributed by atoms with van der Waals surface area (Å²) in [6.07, 6.45) is 5.79. The summed E-state index contributed by atoms with van der Waals surface area (Å²) in [7, 11) is 1.73. The van der Waals surface area contributed by atoms with Gasteiger partial charge in [0.15, 0.2) is 0 Å². The van der Waals surface area contributed by atoms with Crippen molar-refractivity contribution in [2.24, 2.45) is 4.99 Å². The number of allylic oxidation sites excluding steroid dienone is 2. The second kappa shape index (κ2) is 9.32. The molecule has 1 aliphatic carbocycles. The van der Waals surface area contributed by atoms with E-state index in [9.17, 15) is 9.59 Å². The van der Waals surface area contributed by atoms with Gasteiger partial charge in [-0.25, -0.2) is 0 Å². The van der Waals surface area contributed by atoms with Crippen molar-refractivity contribution in [2.45, 2.75) is 38.8 Å². The topological polar surface area (TPSA) is 70.6 Å². The van der Waals surface area contributed by atoms with Gasteiger partial charge in [-0.15, -0.1) is 0 Å². The van der Waals surface area contributed by atoms with Crippen LogP contribution >= 0.6 is 0 Å². The van der Waals surface area contributed by atoms with Gasteiger partial charge >= 0.3 is 0 Å². The molecule has 0 aromatic heterocycles. The van der Waals surface area contributed by atoms with Crippen LogP contribution in [-0.4, -0.2) is 31.1 Å². The van der Waals surface area contributed by atoms with E-state index in [2.05, 4.69) is 15.6 Å². The number of carbonyl (C=O) groups is 2. The Balaban J connectivity index is 1.65. The van der Waals surface area contributed by atoms with E-state index >= 15 is 0 Å². The molecule has 0 unspecified atom stereocenters. The third-order valence-electron chi connectivity index (χ3n) is 4.99. The van der Waals surface area contributed by atoms with Crippen LogP contribution in [0, 0.1) is 0 Å². The molecule has 5 nitrogen and oxygen atoms in total. The van der Waals surface area contributed by atoms with E-state index in [1.807, 2.05) is 62.4 Å². The van der Waals surface area contributed by atoms with Crippen LogP contribution in [0.15, 0.2) is 59.6 Å². The Morgan fingerprint density at radius 2 is 1.72 bits per heavy atom. The van der Waals surface area contributed by atoms with Crippen LogP contribution in [0.5, 0.6) is 0 Å². The summed E-state index contributed by atoms with van der Waals surface area (Å²) < 4.78 is 0. The summed E-state index contributed by atoms with van der Waals surface area (Å²) in [5, 5.41) is 6.00. The fraction of sp³-hybridized carbons (Fsp3) is 0.292. The maximum atomic E-state index is 12.6. The maximum Gasteiger partial charge on any atom is 0.251 e. The molecule has 0 radical (unpaired) electrons. The third kappa shape index (κ3) is 5.64. The van der Waals surface area contributed by atoms with Gasteiger partial charge in [0.2, 0.25) is 0 Å². The molecule has 0 bridgehead atoms. The smallest absolute Gasteiger partial charge is 0.251 e. The molecule has 0 aliphatic heterocycles. The molecule has 2 amide bonds. The summed E-state index contributed by atoms with van der Waals surface area (Å²) in [6, 6.07) is 15.0. The first kappa shape index (κ1) is 20.5. The van der Waals surface area contributed by atoms with Crippen LogP contribution < -0.4 is 10.6 Å². The van der Waals surface area contributed by atoms with Gasteiger partial charge in [-0.1, -0.05) is 24.3 Å². The summed E-state index contributed by atoms with van der Waals surface area (Å²) >= 11 is 0. The number of benzene rings is 2. The zero-order valence-corrected chi connectivity index (χ0v) is 17.1. The highest BCUT2D eigenvalue weighted by molar-refractivity contribution is 5.96. The number of hydrogen-bond acceptors (Lipinski definition) is 3. The van der Waals surface area contributed by atoms with Gasteiger partial charge in [0, 0.05) is 30.4 Å². The Bertz CT molecular complexity index is 941. The van der Waals surface area contributed by atoms with Crippen molar-refractivity contribution < 1.29 is 9.59 Å². The van der Waals surface area contributed by atoms with Gasteiger partial charge in [0.1, 0.15) is 0 Å². The molecular formula is C24H27N3O2. The lowest BCUT2D eigenvalue weighted by atomic mass is 10.0. The van der Waals surface area contributed by atoms with Gasteiger partial charge in [-0.2, -0.15) is 0 Å². The van der Waals surface area contributed by atoms with Crippen molar-refractivity contribution in [1.82, 2.24) is 10.6 Å². The fourth-order valence-electron chi connectivity index (χ4n) is 2.98. The Morgan fingerprint density at radius 1 is 1.03 bits per heavy atom. The second-order valence-corrected chi connectivity index (χ2v) is 7.40. The first-order chi connectivity index (χ1) is 14.0. The lowest BCUT2D eigenvalue weighted by molar-refractivity contribution is 0.0937. The molecule has 0 heterocycles. The van der Waals surface area contributed by atoms with Crippen LogP contribution in [0.25, 0.3) is 5.57 Å². The Labute approximate surface area is 171 Å². The van der Waals surface area contributed by atoms with Crippen molar-refractivity contribution in [1.29, 1.82) is 0 Å². The van der Waals surface area contributed by atoms with Crippen molar-refractivity contribution in [3.8, 4) is 0 Å². The van der Waals surface area contributed by atoms with Gasteiger partial charge < -0.3 is 10.6 Å². The number of carbonyl (C=O) groups excluding carboxylic acids is 2. The largest absolute Gasteiger partial charge is 0.349 e. The fourth-order valence-corrected chi connectivity index (χ4v) is 2.98. The zero-order valence-electron chi connectivity index (χ0n) is 17.1. The molecule has 5 heteroatoms. The van der Waals surface area contributed by atoms with E-state index in [0.29, 0.717) is 17.2 Å². The minimum atomic E-state index is -0.210. The number of aliphatic imine (C=N–C) groups is 1. The molecular weight excluding hydrogens is 362 g/mol. The molecule has 2 aromatic rings. The molecule has 1 fully saturated rings. The normalized spacial score (nSPS) is 15.2. The van der Waals surface area contributed by atoms with E-state index < -0.39 is 0 Å². The van der Waals surface area contributed by atoms with E-state index in [0.717, 1.165) is 29.5 Å². The van der Waals surface area contributed by atoms with Gasteiger partial charge in [0.25, 0.3) is 11.8 Å². The molecule has 1 saturated carbocycles. The SMILES string of the molecule is CN=C/C=C(\C)c1ccc(C(=O)N[C@H](C)c2cccc(C(=O)NC3CC3)c2)cc1. The monoisotopic (exact) mass is 389 g/mol. The van der Waals surface area contributed by atoms with Crippen LogP contribution in [0.3, 0.4) is 0 Å². The molecule has 1 aliphatic rings. The zero-order chi connectivity index (χ0) is 20.8. The summed E-state index contributed by atoms with van der Waals surface area (Å²) in [5.74, 6) is -0.200. The number of hydrogen-bond donors (Lipinski definition) is 2. The Morgan fingerprint density at radius 3 is 2.38 bits per heavy atom. The van der Waals surface area contributed by atoms with E-state index in [1.165, 1.54) is 0 Å². The highest BCUT2D eigenvalue weighted by Gasteiger charge is 2.24. The molecule has 0 spiro atoms. The Kier molecular flexibility index (Phi) is 6.60. The van der Waals surface area contributed by atoms with Crippen LogP contribution in [-0.2, 0) is 0 Å².